The second-order valence-corrected chi connectivity index (χ2v) is 3.89. The maximum atomic E-state index is 5.74. The lowest BCUT2D eigenvalue weighted by molar-refractivity contribution is 0.223. The molecule has 1 rings (SSSR count). The van der Waals surface area contributed by atoms with Gasteiger partial charge in [0.2, 0.25) is 0 Å². The van der Waals surface area contributed by atoms with Gasteiger partial charge in [-0.15, -0.1) is 0 Å². The Morgan fingerprint density at radius 1 is 1.25 bits per heavy atom. The average molecular weight is 222 g/mol. The first kappa shape index (κ1) is 12.8. The summed E-state index contributed by atoms with van der Waals surface area (Å²) in [5.41, 5.74) is 7.63. The van der Waals surface area contributed by atoms with Gasteiger partial charge in [-0.05, 0) is 43.8 Å². The van der Waals surface area contributed by atoms with Crippen molar-refractivity contribution in [2.45, 2.75) is 20.8 Å². The van der Waals surface area contributed by atoms with E-state index < -0.39 is 0 Å². The Labute approximate surface area is 98.2 Å². The minimum absolute atomic E-state index is 0.727. The van der Waals surface area contributed by atoms with E-state index >= 15 is 0 Å². The van der Waals surface area contributed by atoms with Crippen molar-refractivity contribution < 1.29 is 4.74 Å². The zero-order valence-electron chi connectivity index (χ0n) is 10.5. The molecule has 0 atom stereocenters. The zero-order chi connectivity index (χ0) is 12.0. The van der Waals surface area contributed by atoms with Crippen LogP contribution in [0.4, 0.5) is 5.69 Å². The van der Waals surface area contributed by atoms with Crippen molar-refractivity contribution in [2.75, 3.05) is 32.0 Å². The van der Waals surface area contributed by atoms with Crippen LogP contribution in [0.15, 0.2) is 18.2 Å². The lowest BCUT2D eigenvalue weighted by atomic mass is 10.2. The first-order valence-corrected chi connectivity index (χ1v) is 5.88. The van der Waals surface area contributed by atoms with Gasteiger partial charge in [-0.2, -0.15) is 0 Å². The van der Waals surface area contributed by atoms with Gasteiger partial charge in [-0.1, -0.05) is 13.8 Å². The molecule has 0 heterocycles. The molecule has 1 aromatic rings. The number of rotatable bonds is 6. The highest BCUT2D eigenvalue weighted by molar-refractivity contribution is 5.49. The molecule has 0 aromatic heterocycles. The van der Waals surface area contributed by atoms with E-state index in [4.69, 9.17) is 10.5 Å². The third-order valence-electron chi connectivity index (χ3n) is 2.81. The van der Waals surface area contributed by atoms with Crippen LogP contribution in [0.3, 0.4) is 0 Å². The van der Waals surface area contributed by atoms with Crippen molar-refractivity contribution in [3.8, 4) is 5.75 Å². The van der Waals surface area contributed by atoms with Crippen LogP contribution in [0.25, 0.3) is 0 Å². The third-order valence-corrected chi connectivity index (χ3v) is 2.81. The number of benzene rings is 1. The molecule has 0 aliphatic carbocycles. The molecular formula is C13H22N2O. The number of aryl methyl sites for hydroxylation is 1. The summed E-state index contributed by atoms with van der Waals surface area (Å²) in [5.74, 6) is 0.902. The first-order valence-electron chi connectivity index (χ1n) is 5.88. The maximum Gasteiger partial charge on any atom is 0.119 e. The molecule has 0 amide bonds. The van der Waals surface area contributed by atoms with E-state index in [-0.39, 0.29) is 0 Å². The number of hydrogen-bond acceptors (Lipinski definition) is 3. The molecule has 0 aliphatic heterocycles. The number of hydrogen-bond donors (Lipinski definition) is 1. The molecule has 0 unspecified atom stereocenters. The number of anilines is 1. The van der Waals surface area contributed by atoms with E-state index in [0.717, 1.165) is 43.2 Å². The first-order chi connectivity index (χ1) is 7.67. The minimum Gasteiger partial charge on any atom is -0.492 e. The van der Waals surface area contributed by atoms with Gasteiger partial charge < -0.3 is 15.4 Å². The number of nitrogen functional groups attached to an aromatic ring is 1. The van der Waals surface area contributed by atoms with E-state index in [0.29, 0.717) is 0 Å². The van der Waals surface area contributed by atoms with Crippen LogP contribution >= 0.6 is 0 Å². The van der Waals surface area contributed by atoms with Crippen LogP contribution in [0, 0.1) is 6.92 Å². The van der Waals surface area contributed by atoms with Crippen LogP contribution in [0.5, 0.6) is 5.75 Å². The van der Waals surface area contributed by atoms with Crippen molar-refractivity contribution in [3.05, 3.63) is 23.8 Å². The average Bonchev–Trinajstić information content (AvgIpc) is 2.29. The fraction of sp³-hybridized carbons (Fsp3) is 0.538. The molecule has 0 saturated heterocycles. The quantitative estimate of drug-likeness (QED) is 0.751. The third kappa shape index (κ3) is 3.74. The lowest BCUT2D eigenvalue weighted by Gasteiger charge is -2.18. The summed E-state index contributed by atoms with van der Waals surface area (Å²) in [6.07, 6.45) is 0. The maximum absolute atomic E-state index is 5.74. The fourth-order valence-electron chi connectivity index (χ4n) is 1.57. The zero-order valence-corrected chi connectivity index (χ0v) is 10.5. The second-order valence-electron chi connectivity index (χ2n) is 3.89. The molecule has 0 spiro atoms. The predicted octanol–water partition coefficient (Wildman–Crippen LogP) is 2.30. The number of nitrogens with zero attached hydrogens (tertiary/aromatic N) is 1. The van der Waals surface area contributed by atoms with Gasteiger partial charge in [0.25, 0.3) is 0 Å². The van der Waals surface area contributed by atoms with Gasteiger partial charge in [0, 0.05) is 12.2 Å². The molecule has 3 heteroatoms. The molecule has 0 bridgehead atoms. The molecular weight excluding hydrogens is 200 g/mol. The molecule has 0 radical (unpaired) electrons. The van der Waals surface area contributed by atoms with E-state index in [1.165, 1.54) is 0 Å². The van der Waals surface area contributed by atoms with Crippen LogP contribution in [-0.2, 0) is 0 Å². The van der Waals surface area contributed by atoms with Gasteiger partial charge in [-0.3, -0.25) is 0 Å². The number of ether oxygens (including phenoxy) is 1. The highest BCUT2D eigenvalue weighted by Gasteiger charge is 2.00. The Balaban J connectivity index is 2.40. The monoisotopic (exact) mass is 222 g/mol. The van der Waals surface area contributed by atoms with Gasteiger partial charge in [0.15, 0.2) is 0 Å². The lowest BCUT2D eigenvalue weighted by Crippen LogP contribution is -2.27. The van der Waals surface area contributed by atoms with Crippen molar-refractivity contribution in [1.82, 2.24) is 4.90 Å². The minimum atomic E-state index is 0.727. The molecule has 0 saturated carbocycles. The highest BCUT2D eigenvalue weighted by atomic mass is 16.5. The summed E-state index contributed by atoms with van der Waals surface area (Å²) in [6.45, 7) is 10.2. The van der Waals surface area contributed by atoms with E-state index in [9.17, 15) is 0 Å². The number of likely N-dealkylation sites (N-methyl/N-ethyl adjacent to an activating group) is 1. The van der Waals surface area contributed by atoms with Gasteiger partial charge in [-0.25, -0.2) is 0 Å². The predicted molar refractivity (Wildman–Crippen MR) is 68.9 cm³/mol. The molecule has 3 nitrogen and oxygen atoms in total. The Morgan fingerprint density at radius 2 is 1.94 bits per heavy atom. The molecule has 90 valence electrons. The smallest absolute Gasteiger partial charge is 0.119 e. The van der Waals surface area contributed by atoms with Crippen LogP contribution in [0.2, 0.25) is 0 Å². The van der Waals surface area contributed by atoms with Gasteiger partial charge in [0.1, 0.15) is 12.4 Å². The van der Waals surface area contributed by atoms with E-state index in [1.807, 2.05) is 25.1 Å². The normalized spacial score (nSPS) is 10.8. The fourth-order valence-corrected chi connectivity index (χ4v) is 1.57. The van der Waals surface area contributed by atoms with Crippen LogP contribution in [-0.4, -0.2) is 31.1 Å². The molecule has 16 heavy (non-hydrogen) atoms. The number of nitrogens with two attached hydrogens (primary N) is 1. The summed E-state index contributed by atoms with van der Waals surface area (Å²) < 4.78 is 5.68. The van der Waals surface area contributed by atoms with Crippen LogP contribution in [0.1, 0.15) is 19.4 Å². The summed E-state index contributed by atoms with van der Waals surface area (Å²) in [5, 5.41) is 0. The Kier molecular flexibility index (Phi) is 5.12. The standard InChI is InChI=1S/C13H22N2O/c1-4-15(5-2)8-9-16-12-6-7-13(14)11(3)10-12/h6-7,10H,4-5,8-9,14H2,1-3H3. The highest BCUT2D eigenvalue weighted by Crippen LogP contribution is 2.18. The van der Waals surface area contributed by atoms with Crippen molar-refractivity contribution in [1.29, 1.82) is 0 Å². The summed E-state index contributed by atoms with van der Waals surface area (Å²) >= 11 is 0. The second kappa shape index (κ2) is 6.38. The Hall–Kier alpha value is -1.22. The van der Waals surface area contributed by atoms with E-state index in [2.05, 4.69) is 18.7 Å². The largest absolute Gasteiger partial charge is 0.492 e. The van der Waals surface area contributed by atoms with Crippen molar-refractivity contribution >= 4 is 5.69 Å². The van der Waals surface area contributed by atoms with Gasteiger partial charge >= 0.3 is 0 Å². The van der Waals surface area contributed by atoms with Crippen molar-refractivity contribution in [3.63, 3.8) is 0 Å². The molecule has 2 N–H and O–H groups in total. The molecule has 0 aliphatic rings. The van der Waals surface area contributed by atoms with E-state index in [1.54, 1.807) is 0 Å². The summed E-state index contributed by atoms with van der Waals surface area (Å²) in [4.78, 5) is 2.34. The Morgan fingerprint density at radius 3 is 2.50 bits per heavy atom. The van der Waals surface area contributed by atoms with Gasteiger partial charge in [0.05, 0.1) is 0 Å². The SMILES string of the molecule is CCN(CC)CCOc1ccc(N)c(C)c1. The van der Waals surface area contributed by atoms with Crippen LogP contribution < -0.4 is 10.5 Å². The molecule has 1 aromatic carbocycles. The Bertz CT molecular complexity index is 322. The topological polar surface area (TPSA) is 38.5 Å². The summed E-state index contributed by atoms with van der Waals surface area (Å²) in [6, 6.07) is 5.80. The molecule has 0 fully saturated rings. The van der Waals surface area contributed by atoms with Crippen molar-refractivity contribution in [2.24, 2.45) is 0 Å². The summed E-state index contributed by atoms with van der Waals surface area (Å²) in [7, 11) is 0.